The number of methoxy groups -OCH3 is 1. The normalized spacial score (nSPS) is 15.1. The monoisotopic (exact) mass is 439 g/mol. The molecule has 8 heteroatoms. The van der Waals surface area contributed by atoms with Gasteiger partial charge in [0.25, 0.3) is 5.91 Å². The highest BCUT2D eigenvalue weighted by molar-refractivity contribution is 8.27. The molecule has 150 valence electrons. The zero-order chi connectivity index (χ0) is 21.3. The number of amides is 1. The highest BCUT2D eigenvalue weighted by Gasteiger charge is 2.33. The molecule has 1 saturated heterocycles. The summed E-state index contributed by atoms with van der Waals surface area (Å²) in [5.74, 6) is -0.402. The van der Waals surface area contributed by atoms with E-state index in [1.165, 1.54) is 30.2 Å². The van der Waals surface area contributed by atoms with Crippen LogP contribution in [0.4, 0.5) is 10.1 Å². The van der Waals surface area contributed by atoms with E-state index in [2.05, 4.69) is 0 Å². The number of rotatable bonds is 4. The summed E-state index contributed by atoms with van der Waals surface area (Å²) in [6.07, 6.45) is 1.57. The van der Waals surface area contributed by atoms with Crippen molar-refractivity contribution in [2.45, 2.75) is 0 Å². The molecule has 1 amide bonds. The van der Waals surface area contributed by atoms with Crippen LogP contribution >= 0.6 is 24.0 Å². The first-order valence-electron chi connectivity index (χ1n) is 8.79. The number of benzene rings is 2. The van der Waals surface area contributed by atoms with Gasteiger partial charge in [-0.3, -0.25) is 9.69 Å². The van der Waals surface area contributed by atoms with Crippen LogP contribution in [0.2, 0.25) is 0 Å². The average Bonchev–Trinajstić information content (AvgIpc) is 3.31. The summed E-state index contributed by atoms with van der Waals surface area (Å²) in [6.45, 7) is 0. The van der Waals surface area contributed by atoms with Crippen LogP contribution in [0, 0.1) is 5.82 Å². The number of esters is 1. The van der Waals surface area contributed by atoms with Crippen LogP contribution in [0.1, 0.15) is 16.1 Å². The number of halogens is 1. The molecule has 3 aromatic rings. The molecule has 0 unspecified atom stereocenters. The van der Waals surface area contributed by atoms with Crippen LogP contribution in [0.5, 0.6) is 0 Å². The van der Waals surface area contributed by atoms with Gasteiger partial charge in [0, 0.05) is 11.6 Å². The number of nitrogens with zero attached hydrogens (tertiary/aromatic N) is 1. The fourth-order valence-electron chi connectivity index (χ4n) is 3.00. The largest absolute Gasteiger partial charge is 0.465 e. The zero-order valence-electron chi connectivity index (χ0n) is 15.6. The van der Waals surface area contributed by atoms with Crippen molar-refractivity contribution in [2.24, 2.45) is 0 Å². The minimum Gasteiger partial charge on any atom is -0.465 e. The summed E-state index contributed by atoms with van der Waals surface area (Å²) < 4.78 is 24.5. The van der Waals surface area contributed by atoms with Gasteiger partial charge in [-0.2, -0.15) is 0 Å². The number of furan rings is 1. The Balaban J connectivity index is 1.63. The minimum absolute atomic E-state index is 0.305. The van der Waals surface area contributed by atoms with Crippen molar-refractivity contribution in [3.63, 3.8) is 0 Å². The Labute approximate surface area is 181 Å². The first kappa shape index (κ1) is 20.1. The molecular formula is C22H14FNO4S2. The van der Waals surface area contributed by atoms with Gasteiger partial charge in [0.1, 0.15) is 17.3 Å². The third kappa shape index (κ3) is 3.79. The number of hydrogen-bond acceptors (Lipinski definition) is 6. The summed E-state index contributed by atoms with van der Waals surface area (Å²) in [5.41, 5.74) is 1.32. The lowest BCUT2D eigenvalue weighted by atomic mass is 10.1. The predicted molar refractivity (Wildman–Crippen MR) is 118 cm³/mol. The Morgan fingerprint density at radius 1 is 1.17 bits per heavy atom. The van der Waals surface area contributed by atoms with Crippen LogP contribution < -0.4 is 4.90 Å². The van der Waals surface area contributed by atoms with Crippen LogP contribution in [0.25, 0.3) is 17.4 Å². The molecule has 0 N–H and O–H groups in total. The Morgan fingerprint density at radius 2 is 1.97 bits per heavy atom. The maximum absolute atomic E-state index is 13.5. The molecule has 0 atom stereocenters. The number of carbonyl (C=O) groups excluding carboxylic acids is 2. The van der Waals surface area contributed by atoms with Gasteiger partial charge >= 0.3 is 5.97 Å². The molecule has 5 nitrogen and oxygen atoms in total. The van der Waals surface area contributed by atoms with Crippen LogP contribution in [0.15, 0.2) is 70.0 Å². The SMILES string of the molecule is COC(=O)c1ccccc1-c1ccc(C=C2SC(=S)N(c3cccc(F)c3)C2=O)o1. The van der Waals surface area contributed by atoms with E-state index in [0.29, 0.717) is 37.6 Å². The molecule has 0 bridgehead atoms. The third-order valence-electron chi connectivity index (χ3n) is 4.36. The van der Waals surface area contributed by atoms with Crippen LogP contribution in [-0.4, -0.2) is 23.3 Å². The summed E-state index contributed by atoms with van der Waals surface area (Å²) in [5, 5.41) is 0. The van der Waals surface area contributed by atoms with Gasteiger partial charge < -0.3 is 9.15 Å². The standard InChI is InChI=1S/C22H14FNO4S2/c1-27-21(26)17-8-3-2-7-16(17)18-10-9-15(28-18)12-19-20(25)24(22(29)30-19)14-6-4-5-13(23)11-14/h2-12H,1H3. The maximum Gasteiger partial charge on any atom is 0.338 e. The van der Waals surface area contributed by atoms with Crippen LogP contribution in [-0.2, 0) is 9.53 Å². The fraction of sp³-hybridized carbons (Fsp3) is 0.0455. The van der Waals surface area contributed by atoms with Crippen molar-refractivity contribution >= 4 is 51.9 Å². The zero-order valence-corrected chi connectivity index (χ0v) is 17.3. The molecule has 2 aromatic carbocycles. The molecule has 1 aromatic heterocycles. The lowest BCUT2D eigenvalue weighted by Gasteiger charge is -2.14. The van der Waals surface area contributed by atoms with E-state index in [1.807, 2.05) is 0 Å². The Bertz CT molecular complexity index is 1200. The predicted octanol–water partition coefficient (Wildman–Crippen LogP) is 5.28. The van der Waals surface area contributed by atoms with Gasteiger partial charge in [-0.05, 0) is 36.4 Å². The number of carbonyl (C=O) groups is 2. The number of thiocarbonyl (C=S) groups is 1. The lowest BCUT2D eigenvalue weighted by molar-refractivity contribution is -0.113. The van der Waals surface area contributed by atoms with E-state index >= 15 is 0 Å². The van der Waals surface area contributed by atoms with Gasteiger partial charge in [0.15, 0.2) is 4.32 Å². The molecule has 0 saturated carbocycles. The van der Waals surface area contributed by atoms with Crippen molar-refractivity contribution in [2.75, 3.05) is 12.0 Å². The first-order valence-corrected chi connectivity index (χ1v) is 10.0. The molecule has 1 aliphatic heterocycles. The Kier molecular flexibility index (Phi) is 5.52. The molecule has 30 heavy (non-hydrogen) atoms. The summed E-state index contributed by atoms with van der Waals surface area (Å²) in [7, 11) is 1.31. The molecule has 2 heterocycles. The van der Waals surface area contributed by atoms with Crippen molar-refractivity contribution in [1.82, 2.24) is 0 Å². The van der Waals surface area contributed by atoms with Crippen molar-refractivity contribution in [3.8, 4) is 11.3 Å². The minimum atomic E-state index is -0.473. The van der Waals surface area contributed by atoms with E-state index < -0.39 is 11.8 Å². The molecule has 1 aliphatic rings. The fourth-order valence-corrected chi connectivity index (χ4v) is 4.27. The third-order valence-corrected chi connectivity index (χ3v) is 5.66. The number of hydrogen-bond donors (Lipinski definition) is 0. The van der Waals surface area contributed by atoms with Crippen molar-refractivity contribution in [1.29, 1.82) is 0 Å². The maximum atomic E-state index is 13.5. The number of anilines is 1. The topological polar surface area (TPSA) is 59.8 Å². The summed E-state index contributed by atoms with van der Waals surface area (Å²) >= 11 is 6.41. The second-order valence-electron chi connectivity index (χ2n) is 6.24. The average molecular weight is 439 g/mol. The molecule has 0 aliphatic carbocycles. The smallest absolute Gasteiger partial charge is 0.338 e. The van der Waals surface area contributed by atoms with E-state index in [0.717, 1.165) is 11.8 Å². The highest BCUT2D eigenvalue weighted by Crippen LogP contribution is 2.37. The summed E-state index contributed by atoms with van der Waals surface area (Å²) in [4.78, 5) is 26.4. The highest BCUT2D eigenvalue weighted by atomic mass is 32.2. The Hall–Kier alpha value is -3.23. The molecule has 1 fully saturated rings. The Morgan fingerprint density at radius 3 is 2.73 bits per heavy atom. The molecule has 0 spiro atoms. The van der Waals surface area contributed by atoms with Gasteiger partial charge in [-0.15, -0.1) is 0 Å². The first-order chi connectivity index (χ1) is 14.5. The quantitative estimate of drug-likeness (QED) is 0.313. The second-order valence-corrected chi connectivity index (χ2v) is 7.91. The van der Waals surface area contributed by atoms with E-state index in [1.54, 1.807) is 48.5 Å². The molecule has 0 radical (unpaired) electrons. The number of ether oxygens (including phenoxy) is 1. The van der Waals surface area contributed by atoms with E-state index in [-0.39, 0.29) is 5.91 Å². The van der Waals surface area contributed by atoms with E-state index in [9.17, 15) is 14.0 Å². The van der Waals surface area contributed by atoms with Crippen molar-refractivity contribution in [3.05, 3.63) is 82.7 Å². The molecular weight excluding hydrogens is 425 g/mol. The van der Waals surface area contributed by atoms with E-state index in [4.69, 9.17) is 21.4 Å². The summed E-state index contributed by atoms with van der Waals surface area (Å²) in [6, 6.07) is 16.0. The van der Waals surface area contributed by atoms with Gasteiger partial charge in [0.2, 0.25) is 0 Å². The second kappa shape index (κ2) is 8.25. The lowest BCUT2D eigenvalue weighted by Crippen LogP contribution is -2.27. The van der Waals surface area contributed by atoms with Gasteiger partial charge in [-0.1, -0.05) is 48.2 Å². The van der Waals surface area contributed by atoms with Crippen LogP contribution in [0.3, 0.4) is 0 Å². The van der Waals surface area contributed by atoms with Crippen molar-refractivity contribution < 1.29 is 23.1 Å². The van der Waals surface area contributed by atoms with Gasteiger partial charge in [-0.25, -0.2) is 9.18 Å². The van der Waals surface area contributed by atoms with Gasteiger partial charge in [0.05, 0.1) is 23.3 Å². The molecule has 4 rings (SSSR count). The number of thioether (sulfide) groups is 1.